The van der Waals surface area contributed by atoms with E-state index in [0.29, 0.717) is 23.6 Å². The van der Waals surface area contributed by atoms with Crippen molar-refractivity contribution in [2.24, 2.45) is 0 Å². The van der Waals surface area contributed by atoms with Crippen LogP contribution in [0.4, 0.5) is 10.5 Å². The minimum Gasteiger partial charge on any atom is -0.347 e. The predicted molar refractivity (Wildman–Crippen MR) is 95.2 cm³/mol. The van der Waals surface area contributed by atoms with Gasteiger partial charge in [-0.3, -0.25) is 4.79 Å². The first-order valence-corrected chi connectivity index (χ1v) is 8.57. The third-order valence-electron chi connectivity index (χ3n) is 4.42. The molecule has 0 saturated carbocycles. The first kappa shape index (κ1) is 17.0. The molecule has 1 fully saturated rings. The van der Waals surface area contributed by atoms with Crippen molar-refractivity contribution in [3.8, 4) is 0 Å². The highest BCUT2D eigenvalue weighted by Gasteiger charge is 2.24. The quantitative estimate of drug-likeness (QED) is 0.799. The van der Waals surface area contributed by atoms with Crippen molar-refractivity contribution >= 4 is 17.6 Å². The van der Waals surface area contributed by atoms with Gasteiger partial charge >= 0.3 is 6.03 Å². The number of amides is 3. The van der Waals surface area contributed by atoms with Crippen LogP contribution in [-0.4, -0.2) is 39.4 Å². The van der Waals surface area contributed by atoms with Crippen LogP contribution < -0.4 is 10.6 Å². The van der Waals surface area contributed by atoms with Crippen LogP contribution in [0.5, 0.6) is 0 Å². The van der Waals surface area contributed by atoms with Crippen LogP contribution in [0.3, 0.4) is 0 Å². The monoisotopic (exact) mass is 341 g/mol. The van der Waals surface area contributed by atoms with Gasteiger partial charge in [-0.2, -0.15) is 0 Å². The highest BCUT2D eigenvalue weighted by Crippen LogP contribution is 2.20. The average Bonchev–Trinajstić information content (AvgIpc) is 3.14. The van der Waals surface area contributed by atoms with Crippen LogP contribution in [-0.2, 0) is 6.54 Å². The maximum absolute atomic E-state index is 12.6. The van der Waals surface area contributed by atoms with Gasteiger partial charge in [0, 0.05) is 36.2 Å². The maximum atomic E-state index is 12.6. The summed E-state index contributed by atoms with van der Waals surface area (Å²) in [6.07, 6.45) is 6.63. The van der Waals surface area contributed by atoms with E-state index in [0.717, 1.165) is 19.4 Å². The third kappa shape index (κ3) is 4.37. The van der Waals surface area contributed by atoms with E-state index < -0.39 is 0 Å². The molecule has 1 aliphatic rings. The Morgan fingerprint density at radius 3 is 2.76 bits per heavy atom. The van der Waals surface area contributed by atoms with E-state index in [9.17, 15) is 9.59 Å². The van der Waals surface area contributed by atoms with E-state index in [1.54, 1.807) is 36.7 Å². The van der Waals surface area contributed by atoms with Crippen molar-refractivity contribution in [1.82, 2.24) is 20.2 Å². The Morgan fingerprint density at radius 1 is 1.28 bits per heavy atom. The number of carbonyl (C=O) groups excluding carboxylic acids is 2. The van der Waals surface area contributed by atoms with Crippen molar-refractivity contribution in [2.75, 3.05) is 11.9 Å². The van der Waals surface area contributed by atoms with Crippen LogP contribution in [0, 0.1) is 0 Å². The molecule has 0 spiro atoms. The number of nitrogens with one attached hydrogen (secondary N) is 3. The first-order chi connectivity index (χ1) is 12.1. The molecule has 1 aromatic carbocycles. The van der Waals surface area contributed by atoms with E-state index in [2.05, 4.69) is 27.5 Å². The van der Waals surface area contributed by atoms with Crippen LogP contribution in [0.25, 0.3) is 0 Å². The molecule has 2 heterocycles. The van der Waals surface area contributed by atoms with Gasteiger partial charge < -0.3 is 20.5 Å². The normalized spacial score (nSPS) is 17.2. The molecule has 2 aromatic rings. The minimum absolute atomic E-state index is 0.0565. The first-order valence-electron chi connectivity index (χ1n) is 8.57. The Kier molecular flexibility index (Phi) is 5.33. The van der Waals surface area contributed by atoms with Gasteiger partial charge in [-0.25, -0.2) is 9.78 Å². The fourth-order valence-corrected chi connectivity index (χ4v) is 3.00. The molecule has 0 unspecified atom stereocenters. The van der Waals surface area contributed by atoms with Gasteiger partial charge in [0.15, 0.2) is 0 Å². The number of aromatic amines is 1. The van der Waals surface area contributed by atoms with Gasteiger partial charge in [-0.1, -0.05) is 0 Å². The zero-order chi connectivity index (χ0) is 17.6. The van der Waals surface area contributed by atoms with Gasteiger partial charge in [0.1, 0.15) is 5.82 Å². The molecular formula is C18H23N5O2. The molecule has 7 nitrogen and oxygen atoms in total. The summed E-state index contributed by atoms with van der Waals surface area (Å²) < 4.78 is 0. The van der Waals surface area contributed by atoms with Crippen molar-refractivity contribution in [1.29, 1.82) is 0 Å². The van der Waals surface area contributed by atoms with E-state index in [4.69, 9.17) is 0 Å². The average molecular weight is 341 g/mol. The summed E-state index contributed by atoms with van der Waals surface area (Å²) in [7, 11) is 0. The molecule has 0 bridgehead atoms. The third-order valence-corrected chi connectivity index (χ3v) is 4.42. The Balaban J connectivity index is 1.54. The number of benzene rings is 1. The van der Waals surface area contributed by atoms with Gasteiger partial charge in [0.25, 0.3) is 5.91 Å². The molecule has 1 atom stereocenters. The Hall–Kier alpha value is -2.83. The number of H-pyrrole nitrogens is 1. The molecule has 3 amide bonds. The van der Waals surface area contributed by atoms with Crippen LogP contribution in [0.15, 0.2) is 36.7 Å². The number of nitrogens with zero attached hydrogens (tertiary/aromatic N) is 2. The summed E-state index contributed by atoms with van der Waals surface area (Å²) in [5.74, 6) is 0.743. The largest absolute Gasteiger partial charge is 0.347 e. The number of rotatable bonds is 4. The molecule has 1 aromatic heterocycles. The molecule has 132 valence electrons. The molecular weight excluding hydrogens is 318 g/mol. The predicted octanol–water partition coefficient (Wildman–Crippen LogP) is 2.75. The molecule has 1 aliphatic heterocycles. The molecule has 0 aliphatic carbocycles. The van der Waals surface area contributed by atoms with Gasteiger partial charge in [0.2, 0.25) is 0 Å². The Bertz CT molecular complexity index is 712. The number of carbonyl (C=O) groups is 2. The van der Waals surface area contributed by atoms with Gasteiger partial charge in [-0.05, 0) is 50.5 Å². The number of hydrogen-bond donors (Lipinski definition) is 3. The molecule has 3 rings (SSSR count). The molecule has 0 radical (unpaired) electrons. The number of aromatic nitrogens is 2. The summed E-state index contributed by atoms with van der Waals surface area (Å²) in [4.78, 5) is 33.4. The SMILES string of the molecule is C[C@H]1CCCCN1C(=O)c1ccc(NC(=O)NCc2ncc[nH]2)cc1. The number of imidazole rings is 1. The van der Waals surface area contributed by atoms with Gasteiger partial charge in [0.05, 0.1) is 6.54 Å². The zero-order valence-electron chi connectivity index (χ0n) is 14.3. The number of piperidine rings is 1. The lowest BCUT2D eigenvalue weighted by atomic mass is 10.0. The van der Waals surface area contributed by atoms with Crippen molar-refractivity contribution in [3.05, 3.63) is 48.0 Å². The number of urea groups is 1. The second kappa shape index (κ2) is 7.83. The smallest absolute Gasteiger partial charge is 0.319 e. The lowest BCUT2D eigenvalue weighted by molar-refractivity contribution is 0.0635. The number of likely N-dealkylation sites (tertiary alicyclic amines) is 1. The molecule has 3 N–H and O–H groups in total. The summed E-state index contributed by atoms with van der Waals surface area (Å²) in [5.41, 5.74) is 1.29. The minimum atomic E-state index is -0.319. The molecule has 7 heteroatoms. The Labute approximate surface area is 146 Å². The standard InChI is InChI=1S/C18H23N5O2/c1-13-4-2-3-11-23(13)17(24)14-5-7-15(8-6-14)22-18(25)21-12-16-19-9-10-20-16/h5-10,13H,2-4,11-12H2,1H3,(H,19,20)(H2,21,22,25)/t13-/m0/s1. The fourth-order valence-electron chi connectivity index (χ4n) is 3.00. The fraction of sp³-hybridized carbons (Fsp3) is 0.389. The Morgan fingerprint density at radius 2 is 2.08 bits per heavy atom. The van der Waals surface area contributed by atoms with Gasteiger partial charge in [-0.15, -0.1) is 0 Å². The van der Waals surface area contributed by atoms with E-state index in [1.165, 1.54) is 6.42 Å². The van der Waals surface area contributed by atoms with Crippen LogP contribution in [0.2, 0.25) is 0 Å². The van der Waals surface area contributed by atoms with Crippen LogP contribution in [0.1, 0.15) is 42.4 Å². The summed E-state index contributed by atoms with van der Waals surface area (Å²) in [6.45, 7) is 3.23. The summed E-state index contributed by atoms with van der Waals surface area (Å²) in [5, 5.41) is 5.45. The van der Waals surface area contributed by atoms with E-state index >= 15 is 0 Å². The summed E-state index contributed by atoms with van der Waals surface area (Å²) >= 11 is 0. The number of hydrogen-bond acceptors (Lipinski definition) is 3. The summed E-state index contributed by atoms with van der Waals surface area (Å²) in [6, 6.07) is 6.96. The highest BCUT2D eigenvalue weighted by atomic mass is 16.2. The van der Waals surface area contributed by atoms with Crippen LogP contribution >= 0.6 is 0 Å². The van der Waals surface area contributed by atoms with Crippen molar-refractivity contribution < 1.29 is 9.59 Å². The van der Waals surface area contributed by atoms with Crippen molar-refractivity contribution in [3.63, 3.8) is 0 Å². The zero-order valence-corrected chi connectivity index (χ0v) is 14.3. The van der Waals surface area contributed by atoms with E-state index in [-0.39, 0.29) is 18.0 Å². The number of anilines is 1. The topological polar surface area (TPSA) is 90.1 Å². The lowest BCUT2D eigenvalue weighted by Gasteiger charge is -2.33. The maximum Gasteiger partial charge on any atom is 0.319 e. The lowest BCUT2D eigenvalue weighted by Crippen LogP contribution is -2.42. The molecule has 25 heavy (non-hydrogen) atoms. The second-order valence-electron chi connectivity index (χ2n) is 6.26. The highest BCUT2D eigenvalue weighted by molar-refractivity contribution is 5.95. The van der Waals surface area contributed by atoms with E-state index in [1.807, 2.05) is 4.90 Å². The second-order valence-corrected chi connectivity index (χ2v) is 6.26. The van der Waals surface area contributed by atoms with Crippen molar-refractivity contribution in [2.45, 2.75) is 38.8 Å². The molecule has 1 saturated heterocycles.